The molecule has 102 valence electrons. The highest BCUT2D eigenvalue weighted by Gasteiger charge is 2.16. The first-order chi connectivity index (χ1) is 9.02. The third kappa shape index (κ3) is 3.15. The normalized spacial score (nSPS) is 12.7. The zero-order valence-corrected chi connectivity index (χ0v) is 12.9. The molecule has 0 fully saturated rings. The monoisotopic (exact) mass is 295 g/mol. The van der Waals surface area contributed by atoms with Crippen LogP contribution in [0.25, 0.3) is 0 Å². The molecule has 2 rings (SSSR count). The van der Waals surface area contributed by atoms with Gasteiger partial charge in [0.15, 0.2) is 0 Å². The van der Waals surface area contributed by atoms with Gasteiger partial charge in [0.2, 0.25) is 0 Å². The fourth-order valence-electron chi connectivity index (χ4n) is 2.06. The van der Waals surface area contributed by atoms with E-state index in [0.29, 0.717) is 0 Å². The van der Waals surface area contributed by atoms with E-state index in [2.05, 4.69) is 23.4 Å². The summed E-state index contributed by atoms with van der Waals surface area (Å²) in [5.74, 6) is 5.70. The summed E-state index contributed by atoms with van der Waals surface area (Å²) in [4.78, 5) is 5.82. The van der Waals surface area contributed by atoms with E-state index in [1.54, 1.807) is 11.3 Å². The van der Waals surface area contributed by atoms with E-state index in [1.807, 2.05) is 26.0 Å². The lowest BCUT2D eigenvalue weighted by atomic mass is 9.99. The molecule has 0 bridgehead atoms. The molecule has 0 saturated carbocycles. The largest absolute Gasteiger partial charge is 0.271 e. The molecular formula is C14H18ClN3S. The number of hydrazine groups is 1. The lowest BCUT2D eigenvalue weighted by Gasteiger charge is -2.18. The topological polar surface area (TPSA) is 50.9 Å². The second-order valence-electron chi connectivity index (χ2n) is 4.63. The van der Waals surface area contributed by atoms with E-state index in [9.17, 15) is 0 Å². The number of rotatable bonds is 4. The van der Waals surface area contributed by atoms with Gasteiger partial charge in [-0.05, 0) is 38.0 Å². The van der Waals surface area contributed by atoms with Gasteiger partial charge in [-0.15, -0.1) is 11.3 Å². The molecule has 1 heterocycles. The molecule has 1 aromatic carbocycles. The molecule has 5 heteroatoms. The van der Waals surface area contributed by atoms with Crippen molar-refractivity contribution in [1.82, 2.24) is 10.4 Å². The SMILES string of the molecule is Cc1nc(CC(NN)c2cccc(Cl)c2C)sc1C. The number of nitrogens with two attached hydrogens (primary N) is 1. The number of nitrogens with zero attached hydrogens (tertiary/aromatic N) is 1. The van der Waals surface area contributed by atoms with Crippen LogP contribution in [-0.4, -0.2) is 4.98 Å². The Kier molecular flexibility index (Phi) is 4.58. The van der Waals surface area contributed by atoms with Gasteiger partial charge in [0.25, 0.3) is 0 Å². The van der Waals surface area contributed by atoms with Crippen molar-refractivity contribution in [3.8, 4) is 0 Å². The van der Waals surface area contributed by atoms with E-state index < -0.39 is 0 Å². The number of nitrogens with one attached hydrogen (secondary N) is 1. The zero-order valence-electron chi connectivity index (χ0n) is 11.3. The third-order valence-corrected chi connectivity index (χ3v) is 4.84. The molecule has 1 unspecified atom stereocenters. The number of halogens is 1. The molecule has 0 aliphatic carbocycles. The van der Waals surface area contributed by atoms with Crippen LogP contribution >= 0.6 is 22.9 Å². The molecule has 0 aliphatic rings. The van der Waals surface area contributed by atoms with Crippen LogP contribution in [0.5, 0.6) is 0 Å². The van der Waals surface area contributed by atoms with Crippen molar-refractivity contribution >= 4 is 22.9 Å². The quantitative estimate of drug-likeness (QED) is 0.671. The summed E-state index contributed by atoms with van der Waals surface area (Å²) in [6.45, 7) is 6.14. The molecule has 0 saturated heterocycles. The third-order valence-electron chi connectivity index (χ3n) is 3.34. The maximum Gasteiger partial charge on any atom is 0.0950 e. The lowest BCUT2D eigenvalue weighted by molar-refractivity contribution is 0.548. The van der Waals surface area contributed by atoms with Gasteiger partial charge in [-0.2, -0.15) is 0 Å². The minimum atomic E-state index is 0.0312. The molecule has 1 atom stereocenters. The minimum absolute atomic E-state index is 0.0312. The molecule has 0 radical (unpaired) electrons. The summed E-state index contributed by atoms with van der Waals surface area (Å²) < 4.78 is 0. The van der Waals surface area contributed by atoms with Crippen molar-refractivity contribution in [2.75, 3.05) is 0 Å². The van der Waals surface area contributed by atoms with Gasteiger partial charge in [-0.25, -0.2) is 4.98 Å². The van der Waals surface area contributed by atoms with Gasteiger partial charge in [-0.1, -0.05) is 23.7 Å². The smallest absolute Gasteiger partial charge is 0.0950 e. The average molecular weight is 296 g/mol. The molecular weight excluding hydrogens is 278 g/mol. The molecule has 0 amide bonds. The van der Waals surface area contributed by atoms with E-state index in [4.69, 9.17) is 17.4 Å². The van der Waals surface area contributed by atoms with Crippen LogP contribution in [0.1, 0.15) is 32.7 Å². The summed E-state index contributed by atoms with van der Waals surface area (Å²) >= 11 is 7.89. The van der Waals surface area contributed by atoms with Gasteiger partial charge in [0, 0.05) is 16.3 Å². The van der Waals surface area contributed by atoms with Crippen molar-refractivity contribution in [2.24, 2.45) is 5.84 Å². The van der Waals surface area contributed by atoms with E-state index in [1.165, 1.54) is 4.88 Å². The van der Waals surface area contributed by atoms with Gasteiger partial charge >= 0.3 is 0 Å². The highest BCUT2D eigenvalue weighted by molar-refractivity contribution is 7.11. The van der Waals surface area contributed by atoms with Crippen LogP contribution in [0.3, 0.4) is 0 Å². The van der Waals surface area contributed by atoms with Crippen LogP contribution in [0.4, 0.5) is 0 Å². The minimum Gasteiger partial charge on any atom is -0.271 e. The van der Waals surface area contributed by atoms with Crippen LogP contribution in [0.2, 0.25) is 5.02 Å². The van der Waals surface area contributed by atoms with Crippen LogP contribution in [0, 0.1) is 20.8 Å². The number of aryl methyl sites for hydroxylation is 2. The van der Waals surface area contributed by atoms with Gasteiger partial charge < -0.3 is 0 Å². The van der Waals surface area contributed by atoms with Crippen molar-refractivity contribution in [1.29, 1.82) is 0 Å². The number of thiazole rings is 1. The highest BCUT2D eigenvalue weighted by Crippen LogP contribution is 2.28. The summed E-state index contributed by atoms with van der Waals surface area (Å²) in [5, 5.41) is 1.86. The van der Waals surface area contributed by atoms with Crippen molar-refractivity contribution < 1.29 is 0 Å². The summed E-state index contributed by atoms with van der Waals surface area (Å²) in [6, 6.07) is 5.93. The Labute approximate surface area is 122 Å². The van der Waals surface area contributed by atoms with Gasteiger partial charge in [0.05, 0.1) is 16.7 Å². The first-order valence-electron chi connectivity index (χ1n) is 6.17. The first-order valence-corrected chi connectivity index (χ1v) is 7.36. The summed E-state index contributed by atoms with van der Waals surface area (Å²) in [7, 11) is 0. The highest BCUT2D eigenvalue weighted by atomic mass is 35.5. The average Bonchev–Trinajstić information content (AvgIpc) is 2.69. The Morgan fingerprint density at radius 2 is 2.11 bits per heavy atom. The van der Waals surface area contributed by atoms with Gasteiger partial charge in [0.1, 0.15) is 0 Å². The van der Waals surface area contributed by atoms with Crippen molar-refractivity contribution in [3.05, 3.63) is 49.9 Å². The fourth-order valence-corrected chi connectivity index (χ4v) is 3.22. The van der Waals surface area contributed by atoms with E-state index in [-0.39, 0.29) is 6.04 Å². The Morgan fingerprint density at radius 3 is 2.68 bits per heavy atom. The molecule has 3 N–H and O–H groups in total. The second-order valence-corrected chi connectivity index (χ2v) is 6.32. The first kappa shape index (κ1) is 14.5. The molecule has 2 aromatic rings. The maximum atomic E-state index is 6.17. The zero-order chi connectivity index (χ0) is 14.0. The predicted molar refractivity (Wildman–Crippen MR) is 81.5 cm³/mol. The Balaban J connectivity index is 2.27. The predicted octanol–water partition coefficient (Wildman–Crippen LogP) is 3.47. The maximum absolute atomic E-state index is 6.17. The summed E-state index contributed by atoms with van der Waals surface area (Å²) in [5.41, 5.74) is 6.16. The van der Waals surface area contributed by atoms with Crippen LogP contribution in [-0.2, 0) is 6.42 Å². The summed E-state index contributed by atoms with van der Waals surface area (Å²) in [6.07, 6.45) is 0.775. The fraction of sp³-hybridized carbons (Fsp3) is 0.357. The Bertz CT molecular complexity index is 561. The standard InChI is InChI=1S/C14H18ClN3S/c1-8-11(5-4-6-12(8)15)13(18-16)7-14-17-9(2)10(3)19-14/h4-6,13,18H,7,16H2,1-3H3. The molecule has 3 nitrogen and oxygen atoms in total. The van der Waals surface area contributed by atoms with Crippen molar-refractivity contribution in [3.63, 3.8) is 0 Å². The number of benzene rings is 1. The Hall–Kier alpha value is -0.940. The van der Waals surface area contributed by atoms with E-state index >= 15 is 0 Å². The molecule has 1 aromatic heterocycles. The second kappa shape index (κ2) is 6.01. The molecule has 19 heavy (non-hydrogen) atoms. The Morgan fingerprint density at radius 1 is 1.37 bits per heavy atom. The van der Waals surface area contributed by atoms with E-state index in [0.717, 1.165) is 33.3 Å². The lowest BCUT2D eigenvalue weighted by Crippen LogP contribution is -2.30. The molecule has 0 aliphatic heterocycles. The van der Waals surface area contributed by atoms with Gasteiger partial charge in [-0.3, -0.25) is 11.3 Å². The number of hydrogen-bond acceptors (Lipinski definition) is 4. The van der Waals surface area contributed by atoms with Crippen LogP contribution in [0.15, 0.2) is 18.2 Å². The van der Waals surface area contributed by atoms with Crippen LogP contribution < -0.4 is 11.3 Å². The number of aromatic nitrogens is 1. The van der Waals surface area contributed by atoms with Crippen molar-refractivity contribution in [2.45, 2.75) is 33.2 Å². The number of hydrogen-bond donors (Lipinski definition) is 2. The molecule has 0 spiro atoms.